The van der Waals surface area contributed by atoms with Gasteiger partial charge in [0.15, 0.2) is 0 Å². The summed E-state index contributed by atoms with van der Waals surface area (Å²) < 4.78 is 45.2. The van der Waals surface area contributed by atoms with Crippen molar-refractivity contribution in [2.24, 2.45) is 0 Å². The summed E-state index contributed by atoms with van der Waals surface area (Å²) in [4.78, 5) is 0. The van der Waals surface area contributed by atoms with E-state index in [0.29, 0.717) is 0 Å². The van der Waals surface area contributed by atoms with Gasteiger partial charge in [0.1, 0.15) is 11.4 Å². The molecule has 0 aliphatic rings. The highest BCUT2D eigenvalue weighted by molar-refractivity contribution is 7.81. The summed E-state index contributed by atoms with van der Waals surface area (Å²) in [7, 11) is 0. The molecule has 1 rings (SSSR count). The van der Waals surface area contributed by atoms with E-state index < -0.39 is 22.5 Å². The van der Waals surface area contributed by atoms with Gasteiger partial charge in [0.2, 0.25) is 0 Å². The maximum Gasteiger partial charge on any atom is 0.141 e. The van der Waals surface area contributed by atoms with Gasteiger partial charge in [0.25, 0.3) is 0 Å². The Morgan fingerprint density at radius 1 is 1.13 bits per heavy atom. The lowest BCUT2D eigenvalue weighted by molar-refractivity contribution is 0.477. The predicted octanol–water partition coefficient (Wildman–Crippen LogP) is -0.196. The molecule has 0 saturated heterocycles. The Hall–Kier alpha value is -1.16. The third kappa shape index (κ3) is 3.47. The minimum atomic E-state index is -2.65. The normalized spacial score (nSPS) is 14.3. The number of para-hydroxylation sites is 1. The molecule has 1 aromatic rings. The zero-order valence-corrected chi connectivity index (χ0v) is 8.76. The highest BCUT2D eigenvalue weighted by atomic mass is 32.2. The minimum absolute atomic E-state index is 0.0625. The van der Waals surface area contributed by atoms with E-state index in [0.717, 1.165) is 0 Å². The number of hydrogen-bond donors (Lipinski definition) is 3. The first kappa shape index (κ1) is 11.9. The van der Waals surface area contributed by atoms with Crippen molar-refractivity contribution in [3.8, 4) is 5.75 Å². The number of hydrogen-bond acceptors (Lipinski definition) is 5. The van der Waals surface area contributed by atoms with Gasteiger partial charge in [-0.2, -0.15) is 0 Å². The zero-order valence-electron chi connectivity index (χ0n) is 7.13. The van der Waals surface area contributed by atoms with Crippen LogP contribution < -0.4 is 9.44 Å². The first-order valence-corrected chi connectivity index (χ1v) is 5.69. The van der Waals surface area contributed by atoms with E-state index in [2.05, 4.69) is 0 Å². The molecule has 0 heterocycles. The van der Waals surface area contributed by atoms with Gasteiger partial charge in [-0.25, -0.2) is 0 Å². The maximum absolute atomic E-state index is 10.4. The summed E-state index contributed by atoms with van der Waals surface area (Å²) >= 11 is -5.25. The Morgan fingerprint density at radius 3 is 2.27 bits per heavy atom. The van der Waals surface area contributed by atoms with Gasteiger partial charge in [-0.3, -0.25) is 8.42 Å². The number of rotatable bonds is 4. The van der Waals surface area contributed by atoms with Crippen LogP contribution in [-0.2, 0) is 22.5 Å². The van der Waals surface area contributed by atoms with Crippen molar-refractivity contribution in [3.05, 3.63) is 18.2 Å². The molecule has 1 aromatic carbocycles. The monoisotopic (exact) mass is 250 g/mol. The molecular weight excluding hydrogens is 244 g/mol. The Morgan fingerprint density at radius 2 is 1.73 bits per heavy atom. The van der Waals surface area contributed by atoms with Crippen molar-refractivity contribution in [2.45, 2.75) is 0 Å². The fourth-order valence-electron chi connectivity index (χ4n) is 0.906. The van der Waals surface area contributed by atoms with Crippen LogP contribution in [0.25, 0.3) is 0 Å². The quantitative estimate of drug-likeness (QED) is 0.504. The number of phenols is 1. The Kier molecular flexibility index (Phi) is 4.03. The lowest BCUT2D eigenvalue weighted by Crippen LogP contribution is -2.08. The van der Waals surface area contributed by atoms with Crippen LogP contribution in [0.1, 0.15) is 0 Å². The minimum Gasteiger partial charge on any atom is -0.755 e. The number of nitrogens with one attached hydrogen (secondary N) is 2. The van der Waals surface area contributed by atoms with E-state index in [1.54, 1.807) is 0 Å². The molecule has 0 aliphatic carbocycles. The van der Waals surface area contributed by atoms with Crippen LogP contribution >= 0.6 is 0 Å². The van der Waals surface area contributed by atoms with Crippen molar-refractivity contribution in [1.82, 2.24) is 0 Å². The van der Waals surface area contributed by atoms with E-state index >= 15 is 0 Å². The summed E-state index contributed by atoms with van der Waals surface area (Å²) in [6.45, 7) is 0. The molecule has 0 amide bonds. The van der Waals surface area contributed by atoms with Gasteiger partial charge >= 0.3 is 0 Å². The molecule has 7 nitrogen and oxygen atoms in total. The second-order valence-corrected chi connectivity index (χ2v) is 3.72. The van der Waals surface area contributed by atoms with E-state index in [1.165, 1.54) is 18.2 Å². The second-order valence-electron chi connectivity index (χ2n) is 2.37. The van der Waals surface area contributed by atoms with Gasteiger partial charge in [-0.05, 0) is 12.1 Å². The zero-order chi connectivity index (χ0) is 11.4. The van der Waals surface area contributed by atoms with Crippen LogP contribution in [0.15, 0.2) is 18.2 Å². The molecule has 2 unspecified atom stereocenters. The molecule has 0 bridgehead atoms. The fourth-order valence-corrected chi connectivity index (χ4v) is 1.64. The van der Waals surface area contributed by atoms with E-state index in [-0.39, 0.29) is 17.1 Å². The van der Waals surface area contributed by atoms with Crippen LogP contribution in [0.3, 0.4) is 0 Å². The van der Waals surface area contributed by atoms with Crippen LogP contribution in [0.2, 0.25) is 0 Å². The van der Waals surface area contributed by atoms with Crippen molar-refractivity contribution in [2.75, 3.05) is 9.44 Å². The van der Waals surface area contributed by atoms with Crippen molar-refractivity contribution in [3.63, 3.8) is 0 Å². The molecule has 0 aliphatic heterocycles. The highest BCUT2D eigenvalue weighted by Gasteiger charge is 2.06. The molecule has 0 saturated carbocycles. The molecule has 0 radical (unpaired) electrons. The molecule has 84 valence electrons. The largest absolute Gasteiger partial charge is 0.755 e. The van der Waals surface area contributed by atoms with Crippen molar-refractivity contribution in [1.29, 1.82) is 0 Å². The third-order valence-corrected chi connectivity index (χ3v) is 2.18. The SMILES string of the molecule is O=S([O-])Nc1cccc(O)c1NS(=O)[O-]. The molecule has 0 aromatic heterocycles. The van der Waals surface area contributed by atoms with Gasteiger partial charge in [0.05, 0.1) is 5.69 Å². The van der Waals surface area contributed by atoms with Gasteiger partial charge < -0.3 is 23.7 Å². The highest BCUT2D eigenvalue weighted by Crippen LogP contribution is 2.31. The van der Waals surface area contributed by atoms with E-state index in [1.807, 2.05) is 9.44 Å². The lowest BCUT2D eigenvalue weighted by atomic mass is 10.2. The maximum atomic E-state index is 10.4. The Labute approximate surface area is 90.4 Å². The van der Waals surface area contributed by atoms with E-state index in [9.17, 15) is 22.6 Å². The van der Waals surface area contributed by atoms with E-state index in [4.69, 9.17) is 0 Å². The molecule has 3 N–H and O–H groups in total. The summed E-state index contributed by atoms with van der Waals surface area (Å²) in [5.41, 5.74) is -0.289. The average Bonchev–Trinajstić information content (AvgIpc) is 2.09. The van der Waals surface area contributed by atoms with Gasteiger partial charge in [-0.15, -0.1) is 0 Å². The van der Waals surface area contributed by atoms with Gasteiger partial charge in [0, 0.05) is 22.5 Å². The molecular formula is C6H6N2O5S2-2. The van der Waals surface area contributed by atoms with Crippen molar-refractivity contribution >= 4 is 33.9 Å². The number of benzene rings is 1. The first-order valence-electron chi connectivity index (χ1n) is 3.54. The fraction of sp³-hybridized carbons (Fsp3) is 0. The Balaban J connectivity index is 3.08. The number of phenolic OH excluding ortho intramolecular Hbond substituents is 1. The first-order chi connectivity index (χ1) is 7.00. The Bertz CT molecular complexity index is 411. The standard InChI is InChI=1S/C6H8N2O5S2/c9-5-3-1-2-4(7-14(10)11)6(5)8-15(12)13/h1-3,7-9H,(H,10,11)(H,12,13)/p-2. The van der Waals surface area contributed by atoms with Crippen LogP contribution in [-0.4, -0.2) is 22.6 Å². The molecule has 9 heteroatoms. The molecule has 0 spiro atoms. The smallest absolute Gasteiger partial charge is 0.141 e. The third-order valence-electron chi connectivity index (χ3n) is 1.42. The molecule has 0 fully saturated rings. The molecule has 15 heavy (non-hydrogen) atoms. The number of aromatic hydroxyl groups is 1. The van der Waals surface area contributed by atoms with Gasteiger partial charge in [-0.1, -0.05) is 6.07 Å². The van der Waals surface area contributed by atoms with Crippen LogP contribution in [0, 0.1) is 0 Å². The summed E-state index contributed by atoms with van der Waals surface area (Å²) in [6, 6.07) is 3.88. The number of anilines is 2. The molecule has 2 atom stereocenters. The predicted molar refractivity (Wildman–Crippen MR) is 53.2 cm³/mol. The van der Waals surface area contributed by atoms with Crippen LogP contribution in [0.5, 0.6) is 5.75 Å². The average molecular weight is 250 g/mol. The summed E-state index contributed by atoms with van der Waals surface area (Å²) in [5, 5.41) is 9.28. The second kappa shape index (κ2) is 5.07. The van der Waals surface area contributed by atoms with Crippen LogP contribution in [0.4, 0.5) is 11.4 Å². The lowest BCUT2D eigenvalue weighted by Gasteiger charge is -2.16. The van der Waals surface area contributed by atoms with Crippen molar-refractivity contribution < 1.29 is 22.6 Å². The summed E-state index contributed by atoms with van der Waals surface area (Å²) in [6.07, 6.45) is 0. The topological polar surface area (TPSA) is 125 Å². The summed E-state index contributed by atoms with van der Waals surface area (Å²) in [5.74, 6) is -0.380.